The van der Waals surface area contributed by atoms with Crippen LogP contribution < -0.4 is 10.5 Å². The highest BCUT2D eigenvalue weighted by Crippen LogP contribution is 2.30. The van der Waals surface area contributed by atoms with Crippen LogP contribution >= 0.6 is 11.8 Å². The van der Waals surface area contributed by atoms with Crippen LogP contribution in [0.5, 0.6) is 5.75 Å². The van der Waals surface area contributed by atoms with E-state index in [0.29, 0.717) is 0 Å². The van der Waals surface area contributed by atoms with Gasteiger partial charge in [-0.25, -0.2) is 0 Å². The number of aryl methyl sites for hydroxylation is 2. The van der Waals surface area contributed by atoms with E-state index in [9.17, 15) is 5.11 Å². The van der Waals surface area contributed by atoms with E-state index in [0.717, 1.165) is 21.8 Å². The molecular formula is C11H17NO2S. The Kier molecular flexibility index (Phi) is 4.45. The number of ether oxygens (including phenoxy) is 1. The summed E-state index contributed by atoms with van der Waals surface area (Å²) in [6.45, 7) is 4.24. The molecule has 4 heteroatoms. The Bertz CT molecular complexity index is 342. The van der Waals surface area contributed by atoms with E-state index in [1.165, 1.54) is 11.8 Å². The summed E-state index contributed by atoms with van der Waals surface area (Å²) in [5.74, 6) is 0.874. The number of benzene rings is 1. The number of nitrogens with two attached hydrogens (primary N) is 1. The molecule has 0 aliphatic rings. The largest absolute Gasteiger partial charge is 0.496 e. The molecule has 1 aromatic rings. The molecule has 3 N–H and O–H groups in total. The Morgan fingerprint density at radius 1 is 1.40 bits per heavy atom. The fourth-order valence-electron chi connectivity index (χ4n) is 1.30. The Morgan fingerprint density at radius 2 is 2.07 bits per heavy atom. The van der Waals surface area contributed by atoms with Crippen molar-refractivity contribution in [3.8, 4) is 5.75 Å². The van der Waals surface area contributed by atoms with Crippen molar-refractivity contribution in [1.82, 2.24) is 0 Å². The van der Waals surface area contributed by atoms with Crippen molar-refractivity contribution in [1.29, 1.82) is 0 Å². The molecule has 0 amide bonds. The lowest BCUT2D eigenvalue weighted by Gasteiger charge is -2.13. The molecule has 0 heterocycles. The van der Waals surface area contributed by atoms with Crippen molar-refractivity contribution in [3.63, 3.8) is 0 Å². The molecule has 0 fully saturated rings. The van der Waals surface area contributed by atoms with Crippen LogP contribution in [0.25, 0.3) is 0 Å². The normalized spacial score (nSPS) is 12.6. The molecule has 0 aromatic heterocycles. The van der Waals surface area contributed by atoms with Crippen LogP contribution in [-0.4, -0.2) is 24.2 Å². The summed E-state index contributed by atoms with van der Waals surface area (Å²) in [5, 5.41) is 9.46. The van der Waals surface area contributed by atoms with Crippen molar-refractivity contribution >= 4 is 11.8 Å². The summed E-state index contributed by atoms with van der Waals surface area (Å²) in [4.78, 5) is 1.05. The van der Waals surface area contributed by atoms with Gasteiger partial charge in [0.1, 0.15) is 11.2 Å². The molecule has 0 spiro atoms. The first kappa shape index (κ1) is 12.4. The van der Waals surface area contributed by atoms with E-state index in [2.05, 4.69) is 0 Å². The third-order valence-electron chi connectivity index (χ3n) is 2.16. The summed E-state index contributed by atoms with van der Waals surface area (Å²) in [6, 6.07) is 3.98. The first-order valence-corrected chi connectivity index (χ1v) is 5.66. The maximum Gasteiger partial charge on any atom is 0.122 e. The van der Waals surface area contributed by atoms with Gasteiger partial charge in [0.15, 0.2) is 0 Å². The number of thioether (sulfide) groups is 1. The van der Waals surface area contributed by atoms with Gasteiger partial charge in [0.05, 0.1) is 7.11 Å². The molecule has 1 unspecified atom stereocenters. The van der Waals surface area contributed by atoms with Gasteiger partial charge in [-0.05, 0) is 37.1 Å². The third-order valence-corrected chi connectivity index (χ3v) is 3.32. The number of aliphatic hydroxyl groups is 1. The molecule has 0 saturated heterocycles. The Hall–Kier alpha value is -0.710. The van der Waals surface area contributed by atoms with Gasteiger partial charge in [0.2, 0.25) is 0 Å². The summed E-state index contributed by atoms with van der Waals surface area (Å²) in [5.41, 5.74) is 6.98. The zero-order valence-corrected chi connectivity index (χ0v) is 10.1. The summed E-state index contributed by atoms with van der Waals surface area (Å²) in [7, 11) is 1.66. The molecule has 1 aromatic carbocycles. The molecule has 0 aliphatic heterocycles. The Morgan fingerprint density at radius 3 is 2.60 bits per heavy atom. The van der Waals surface area contributed by atoms with Gasteiger partial charge in [-0.3, -0.25) is 0 Å². The molecule has 0 radical (unpaired) electrons. The second-order valence-corrected chi connectivity index (χ2v) is 4.62. The molecule has 0 bridgehead atoms. The van der Waals surface area contributed by atoms with Crippen LogP contribution in [0.3, 0.4) is 0 Å². The summed E-state index contributed by atoms with van der Waals surface area (Å²) in [6.07, 6.45) is 0. The van der Waals surface area contributed by atoms with Crippen molar-refractivity contribution in [2.45, 2.75) is 24.2 Å². The number of hydrogen-bond acceptors (Lipinski definition) is 4. The van der Waals surface area contributed by atoms with Gasteiger partial charge >= 0.3 is 0 Å². The SMILES string of the molecule is COc1cc(C)c(SC(O)CN)cc1C. The number of rotatable bonds is 4. The molecule has 0 aliphatic carbocycles. The van der Waals surface area contributed by atoms with Crippen LogP contribution in [0, 0.1) is 13.8 Å². The van der Waals surface area contributed by atoms with Gasteiger partial charge in [-0.2, -0.15) is 0 Å². The molecule has 84 valence electrons. The number of methoxy groups -OCH3 is 1. The molecule has 1 rings (SSSR count). The topological polar surface area (TPSA) is 55.5 Å². The summed E-state index contributed by atoms with van der Waals surface area (Å²) >= 11 is 1.38. The lowest BCUT2D eigenvalue weighted by molar-refractivity contribution is 0.271. The van der Waals surface area contributed by atoms with Crippen LogP contribution in [0.1, 0.15) is 11.1 Å². The zero-order valence-electron chi connectivity index (χ0n) is 9.28. The zero-order chi connectivity index (χ0) is 11.4. The quantitative estimate of drug-likeness (QED) is 0.607. The third kappa shape index (κ3) is 3.12. The van der Waals surface area contributed by atoms with Crippen LogP contribution in [0.15, 0.2) is 17.0 Å². The second-order valence-electron chi connectivity index (χ2n) is 3.40. The predicted molar refractivity (Wildman–Crippen MR) is 63.4 cm³/mol. The van der Waals surface area contributed by atoms with Crippen molar-refractivity contribution < 1.29 is 9.84 Å². The highest BCUT2D eigenvalue weighted by atomic mass is 32.2. The minimum atomic E-state index is -0.545. The average Bonchev–Trinajstić information content (AvgIpc) is 2.22. The van der Waals surface area contributed by atoms with E-state index in [1.807, 2.05) is 26.0 Å². The predicted octanol–water partition coefficient (Wildman–Crippen LogP) is 1.68. The number of aliphatic hydroxyl groups excluding tert-OH is 1. The Balaban J connectivity index is 2.95. The Labute approximate surface area is 94.6 Å². The van der Waals surface area contributed by atoms with Gasteiger partial charge in [0.25, 0.3) is 0 Å². The monoisotopic (exact) mass is 227 g/mol. The highest BCUT2D eigenvalue weighted by Gasteiger charge is 2.09. The van der Waals surface area contributed by atoms with Crippen molar-refractivity contribution in [2.24, 2.45) is 5.73 Å². The van der Waals surface area contributed by atoms with Gasteiger partial charge in [0, 0.05) is 11.4 Å². The molecule has 15 heavy (non-hydrogen) atoms. The van der Waals surface area contributed by atoms with Crippen molar-refractivity contribution in [3.05, 3.63) is 23.3 Å². The lowest BCUT2D eigenvalue weighted by Crippen LogP contribution is -2.15. The smallest absolute Gasteiger partial charge is 0.122 e. The molecule has 3 nitrogen and oxygen atoms in total. The van der Waals surface area contributed by atoms with Gasteiger partial charge in [-0.15, -0.1) is 0 Å². The standard InChI is InChI=1S/C11H17NO2S/c1-7-5-10(15-11(13)6-12)8(2)4-9(7)14-3/h4-5,11,13H,6,12H2,1-3H3. The van der Waals surface area contributed by atoms with Crippen LogP contribution in [0.2, 0.25) is 0 Å². The van der Waals surface area contributed by atoms with Gasteiger partial charge in [-0.1, -0.05) is 11.8 Å². The fourth-order valence-corrected chi connectivity index (χ4v) is 2.18. The van der Waals surface area contributed by atoms with E-state index < -0.39 is 5.44 Å². The number of hydrogen-bond donors (Lipinski definition) is 2. The first-order valence-electron chi connectivity index (χ1n) is 4.78. The minimum Gasteiger partial charge on any atom is -0.496 e. The molecular weight excluding hydrogens is 210 g/mol. The van der Waals surface area contributed by atoms with Crippen LogP contribution in [-0.2, 0) is 0 Å². The first-order chi connectivity index (χ1) is 7.08. The maximum atomic E-state index is 9.46. The fraction of sp³-hybridized carbons (Fsp3) is 0.455. The average molecular weight is 227 g/mol. The van der Waals surface area contributed by atoms with Crippen LogP contribution in [0.4, 0.5) is 0 Å². The second kappa shape index (κ2) is 5.39. The summed E-state index contributed by atoms with van der Waals surface area (Å²) < 4.78 is 5.22. The molecule has 0 saturated carbocycles. The molecule has 1 atom stereocenters. The van der Waals surface area contributed by atoms with E-state index in [1.54, 1.807) is 7.11 Å². The lowest BCUT2D eigenvalue weighted by atomic mass is 10.1. The van der Waals surface area contributed by atoms with Gasteiger partial charge < -0.3 is 15.6 Å². The van der Waals surface area contributed by atoms with E-state index in [-0.39, 0.29) is 6.54 Å². The highest BCUT2D eigenvalue weighted by molar-refractivity contribution is 7.99. The minimum absolute atomic E-state index is 0.259. The van der Waals surface area contributed by atoms with E-state index in [4.69, 9.17) is 10.5 Å². The maximum absolute atomic E-state index is 9.46. The van der Waals surface area contributed by atoms with E-state index >= 15 is 0 Å². The van der Waals surface area contributed by atoms with Crippen molar-refractivity contribution in [2.75, 3.05) is 13.7 Å².